The van der Waals surface area contributed by atoms with Gasteiger partial charge in [0, 0.05) is 17.9 Å². The van der Waals surface area contributed by atoms with Crippen LogP contribution in [0, 0.1) is 23.1 Å². The molecule has 3 aromatic rings. The van der Waals surface area contributed by atoms with Gasteiger partial charge in [-0.1, -0.05) is 37.3 Å². The molecule has 1 saturated heterocycles. The molecule has 6 heteroatoms. The predicted octanol–water partition coefficient (Wildman–Crippen LogP) is 4.78. The van der Waals surface area contributed by atoms with Crippen molar-refractivity contribution in [1.29, 1.82) is 5.26 Å². The molecule has 1 aliphatic rings. The van der Waals surface area contributed by atoms with E-state index in [1.165, 1.54) is 13.2 Å². The Kier molecular flexibility index (Phi) is 6.85. The first-order valence-electron chi connectivity index (χ1n) is 11.6. The fourth-order valence-corrected chi connectivity index (χ4v) is 5.15. The number of carbonyl (C=O) groups is 1. The minimum Gasteiger partial charge on any atom is -0.494 e. The molecule has 1 fully saturated rings. The van der Waals surface area contributed by atoms with Crippen molar-refractivity contribution >= 4 is 16.7 Å². The SMILES string of the molecule is COc1ccc(C2(C(C)C(=O)NCc3cc(C#N)cc4ccccc34)CCN(C)CC2)cc1F. The molecule has 0 saturated carbocycles. The molecule has 176 valence electrons. The average Bonchev–Trinajstić information content (AvgIpc) is 2.87. The van der Waals surface area contributed by atoms with E-state index in [2.05, 4.69) is 23.3 Å². The molecule has 0 radical (unpaired) electrons. The number of halogens is 1. The molecule has 0 aromatic heterocycles. The van der Waals surface area contributed by atoms with Gasteiger partial charge in [-0.15, -0.1) is 0 Å². The van der Waals surface area contributed by atoms with Gasteiger partial charge in [0.25, 0.3) is 0 Å². The molecule has 3 aromatic carbocycles. The first-order chi connectivity index (χ1) is 16.4. The van der Waals surface area contributed by atoms with Gasteiger partial charge in [0.15, 0.2) is 11.6 Å². The maximum absolute atomic E-state index is 14.6. The van der Waals surface area contributed by atoms with Crippen LogP contribution in [0.25, 0.3) is 10.8 Å². The Labute approximate surface area is 200 Å². The van der Waals surface area contributed by atoms with Crippen LogP contribution in [0.15, 0.2) is 54.6 Å². The van der Waals surface area contributed by atoms with E-state index in [1.807, 2.05) is 49.4 Å². The molecule has 1 heterocycles. The second-order valence-corrected chi connectivity index (χ2v) is 9.22. The van der Waals surface area contributed by atoms with Crippen molar-refractivity contribution in [3.8, 4) is 11.8 Å². The number of methoxy groups -OCH3 is 1. The lowest BCUT2D eigenvalue weighted by Gasteiger charge is -2.44. The second-order valence-electron chi connectivity index (χ2n) is 9.22. The van der Waals surface area contributed by atoms with Gasteiger partial charge in [-0.05, 0) is 79.1 Å². The fraction of sp³-hybridized carbons (Fsp3) is 0.357. The molecule has 1 amide bonds. The first-order valence-corrected chi connectivity index (χ1v) is 11.6. The third kappa shape index (κ3) is 4.49. The highest BCUT2D eigenvalue weighted by Crippen LogP contribution is 2.43. The van der Waals surface area contributed by atoms with Crippen LogP contribution in [0.1, 0.15) is 36.5 Å². The van der Waals surface area contributed by atoms with Crippen molar-refractivity contribution < 1.29 is 13.9 Å². The van der Waals surface area contributed by atoms with Crippen LogP contribution < -0.4 is 10.1 Å². The number of rotatable bonds is 6. The highest BCUT2D eigenvalue weighted by Gasteiger charge is 2.43. The van der Waals surface area contributed by atoms with E-state index in [0.29, 0.717) is 12.1 Å². The van der Waals surface area contributed by atoms with Crippen molar-refractivity contribution in [3.63, 3.8) is 0 Å². The molecule has 0 aliphatic carbocycles. The number of amides is 1. The van der Waals surface area contributed by atoms with Crippen molar-refractivity contribution in [2.24, 2.45) is 5.92 Å². The summed E-state index contributed by atoms with van der Waals surface area (Å²) < 4.78 is 19.7. The lowest BCUT2D eigenvalue weighted by atomic mass is 9.64. The molecule has 0 spiro atoms. The van der Waals surface area contributed by atoms with Crippen LogP contribution in [0.3, 0.4) is 0 Å². The Morgan fingerprint density at radius 2 is 1.94 bits per heavy atom. The number of ether oxygens (including phenoxy) is 1. The number of hydrogen-bond acceptors (Lipinski definition) is 4. The van der Waals surface area contributed by atoms with Crippen LogP contribution in [0.2, 0.25) is 0 Å². The van der Waals surface area contributed by atoms with Gasteiger partial charge in [0.1, 0.15) is 0 Å². The van der Waals surface area contributed by atoms with Crippen LogP contribution in [-0.2, 0) is 16.8 Å². The molecule has 0 bridgehead atoms. The van der Waals surface area contributed by atoms with Crippen molar-refractivity contribution in [1.82, 2.24) is 10.2 Å². The van der Waals surface area contributed by atoms with Gasteiger partial charge in [-0.2, -0.15) is 5.26 Å². The molecule has 34 heavy (non-hydrogen) atoms. The number of nitriles is 1. The Bertz CT molecular complexity index is 1240. The summed E-state index contributed by atoms with van der Waals surface area (Å²) in [7, 11) is 3.51. The molecule has 4 rings (SSSR count). The summed E-state index contributed by atoms with van der Waals surface area (Å²) in [6, 6.07) is 18.8. The predicted molar refractivity (Wildman–Crippen MR) is 131 cm³/mol. The highest BCUT2D eigenvalue weighted by atomic mass is 19.1. The number of fused-ring (bicyclic) bond motifs is 1. The maximum Gasteiger partial charge on any atom is 0.223 e. The summed E-state index contributed by atoms with van der Waals surface area (Å²) in [6.07, 6.45) is 1.52. The van der Waals surface area contributed by atoms with E-state index < -0.39 is 11.2 Å². The summed E-state index contributed by atoms with van der Waals surface area (Å²) in [4.78, 5) is 15.7. The topological polar surface area (TPSA) is 65.4 Å². The van der Waals surface area contributed by atoms with Crippen molar-refractivity contribution in [2.75, 3.05) is 27.2 Å². The largest absolute Gasteiger partial charge is 0.494 e. The number of benzene rings is 3. The Morgan fingerprint density at radius 1 is 1.21 bits per heavy atom. The lowest BCUT2D eigenvalue weighted by Crippen LogP contribution is -2.49. The molecule has 1 unspecified atom stereocenters. The van der Waals surface area contributed by atoms with Crippen molar-refractivity contribution in [3.05, 3.63) is 77.1 Å². The number of nitrogens with zero attached hydrogens (tertiary/aromatic N) is 2. The van der Waals surface area contributed by atoms with Gasteiger partial charge in [0.2, 0.25) is 5.91 Å². The highest BCUT2D eigenvalue weighted by molar-refractivity contribution is 5.88. The van der Waals surface area contributed by atoms with E-state index in [0.717, 1.165) is 47.8 Å². The summed E-state index contributed by atoms with van der Waals surface area (Å²) in [5.74, 6) is -0.648. The molecule has 5 nitrogen and oxygen atoms in total. The van der Waals surface area contributed by atoms with E-state index in [-0.39, 0.29) is 17.6 Å². The monoisotopic (exact) mass is 459 g/mol. The van der Waals surface area contributed by atoms with Gasteiger partial charge >= 0.3 is 0 Å². The molecular formula is C28H30FN3O2. The van der Waals surface area contributed by atoms with Crippen molar-refractivity contribution in [2.45, 2.75) is 31.7 Å². The van der Waals surface area contributed by atoms with Crippen LogP contribution in [-0.4, -0.2) is 38.1 Å². The molecular weight excluding hydrogens is 429 g/mol. The zero-order valence-electron chi connectivity index (χ0n) is 19.9. The first kappa shape index (κ1) is 23.7. The van der Waals surface area contributed by atoms with Gasteiger partial charge in [-0.25, -0.2) is 4.39 Å². The minimum absolute atomic E-state index is 0.0766. The van der Waals surface area contributed by atoms with Gasteiger partial charge < -0.3 is 15.0 Å². The van der Waals surface area contributed by atoms with Crippen LogP contribution in [0.4, 0.5) is 4.39 Å². The Morgan fingerprint density at radius 3 is 2.62 bits per heavy atom. The van der Waals surface area contributed by atoms with E-state index in [9.17, 15) is 14.4 Å². The van der Waals surface area contributed by atoms with E-state index in [1.54, 1.807) is 6.07 Å². The van der Waals surface area contributed by atoms with E-state index in [4.69, 9.17) is 4.74 Å². The molecule has 1 N–H and O–H groups in total. The van der Waals surface area contributed by atoms with Crippen LogP contribution in [0.5, 0.6) is 5.75 Å². The summed E-state index contributed by atoms with van der Waals surface area (Å²) in [6.45, 7) is 3.93. The summed E-state index contributed by atoms with van der Waals surface area (Å²) >= 11 is 0. The summed E-state index contributed by atoms with van der Waals surface area (Å²) in [5.41, 5.74) is 1.83. The maximum atomic E-state index is 14.6. The smallest absolute Gasteiger partial charge is 0.223 e. The Hall–Kier alpha value is -3.43. The number of carbonyl (C=O) groups excluding carboxylic acids is 1. The summed E-state index contributed by atoms with van der Waals surface area (Å²) in [5, 5.41) is 14.5. The number of piperidine rings is 1. The molecule has 1 atom stereocenters. The third-order valence-electron chi connectivity index (χ3n) is 7.36. The zero-order chi connectivity index (χ0) is 24.3. The van der Waals surface area contributed by atoms with Gasteiger partial charge in [0.05, 0.1) is 18.7 Å². The minimum atomic E-state index is -0.472. The normalized spacial score (nSPS) is 16.6. The zero-order valence-corrected chi connectivity index (χ0v) is 19.9. The van der Waals surface area contributed by atoms with E-state index >= 15 is 0 Å². The third-order valence-corrected chi connectivity index (χ3v) is 7.36. The number of likely N-dealkylation sites (tertiary alicyclic amines) is 1. The second kappa shape index (κ2) is 9.82. The average molecular weight is 460 g/mol. The standard InChI is InChI=1S/C28H30FN3O2/c1-19(27(33)31-18-22-15-20(17-30)14-21-6-4-5-7-24(21)22)28(10-12-32(2)13-11-28)23-8-9-26(34-3)25(29)16-23/h4-9,14-16,19H,10-13,18H2,1-3H3,(H,31,33). The number of hydrogen-bond donors (Lipinski definition) is 1. The quantitative estimate of drug-likeness (QED) is 0.576. The molecule has 1 aliphatic heterocycles. The van der Waals surface area contributed by atoms with Gasteiger partial charge in [-0.3, -0.25) is 4.79 Å². The Balaban J connectivity index is 1.61. The lowest BCUT2D eigenvalue weighted by molar-refractivity contribution is -0.127. The number of nitrogens with one attached hydrogen (secondary N) is 1. The fourth-order valence-electron chi connectivity index (χ4n) is 5.15. The van der Waals surface area contributed by atoms with Crippen LogP contribution >= 0.6 is 0 Å².